The molecule has 1 aromatic carbocycles. The molecule has 3 amide bonds. The summed E-state index contributed by atoms with van der Waals surface area (Å²) >= 11 is 0. The molecule has 36 heavy (non-hydrogen) atoms. The number of esters is 1. The first kappa shape index (κ1) is 30.2. The van der Waals surface area contributed by atoms with Gasteiger partial charge in [0.05, 0.1) is 13.2 Å². The highest BCUT2D eigenvalue weighted by molar-refractivity contribution is 5.93. The second-order valence-electron chi connectivity index (χ2n) is 9.20. The average molecular weight is 501 g/mol. The number of hydrogen-bond acceptors (Lipinski definition) is 7. The quantitative estimate of drug-likeness (QED) is 0.352. The molecule has 10 nitrogen and oxygen atoms in total. The van der Waals surface area contributed by atoms with Crippen molar-refractivity contribution in [3.05, 3.63) is 42.0 Å². The third-order valence-corrected chi connectivity index (χ3v) is 5.33. The van der Waals surface area contributed by atoms with Gasteiger partial charge in [-0.1, -0.05) is 51.1 Å². The summed E-state index contributed by atoms with van der Waals surface area (Å²) in [6, 6.07) is 6.33. The van der Waals surface area contributed by atoms with Gasteiger partial charge >= 0.3 is 12.1 Å². The Morgan fingerprint density at radius 2 is 1.92 bits per heavy atom. The highest BCUT2D eigenvalue weighted by Gasteiger charge is 2.38. The zero-order valence-corrected chi connectivity index (χ0v) is 21.8. The molecular weight excluding hydrogens is 464 g/mol. The number of carbonyl (C=O) groups is 4. The highest BCUT2D eigenvalue weighted by atomic mass is 16.6. The summed E-state index contributed by atoms with van der Waals surface area (Å²) in [5, 5.41) is 14.6. The maximum atomic E-state index is 13.8. The molecule has 0 spiro atoms. The third-order valence-electron chi connectivity index (χ3n) is 5.33. The van der Waals surface area contributed by atoms with Gasteiger partial charge in [-0.3, -0.25) is 14.4 Å². The van der Waals surface area contributed by atoms with Crippen molar-refractivity contribution in [2.45, 2.75) is 58.7 Å². The zero-order chi connectivity index (χ0) is 27.5. The molecule has 0 aliphatic heterocycles. The van der Waals surface area contributed by atoms with E-state index >= 15 is 0 Å². The van der Waals surface area contributed by atoms with Gasteiger partial charge in [-0.2, -0.15) is 5.26 Å². The lowest BCUT2D eigenvalue weighted by atomic mass is 9.95. The number of nitriles is 1. The number of hydrogen-bond donors (Lipinski definition) is 2. The molecule has 0 aromatic heterocycles. The summed E-state index contributed by atoms with van der Waals surface area (Å²) in [6.07, 6.45) is 1.31. The Morgan fingerprint density at radius 1 is 1.25 bits per heavy atom. The van der Waals surface area contributed by atoms with Crippen LogP contribution in [0.1, 0.15) is 58.2 Å². The van der Waals surface area contributed by atoms with Crippen LogP contribution < -0.4 is 10.6 Å². The number of ether oxygens (including phenoxy) is 2. The number of alkyl carbamates (subject to hydrolysis) is 1. The Kier molecular flexibility index (Phi) is 11.6. The van der Waals surface area contributed by atoms with Crippen molar-refractivity contribution in [2.75, 3.05) is 20.2 Å². The Bertz CT molecular complexity index is 995. The van der Waals surface area contributed by atoms with E-state index in [1.807, 2.05) is 13.0 Å². The molecule has 0 heterocycles. The summed E-state index contributed by atoms with van der Waals surface area (Å²) in [7, 11) is 1.18. The van der Waals surface area contributed by atoms with Crippen molar-refractivity contribution in [1.29, 1.82) is 5.26 Å². The van der Waals surface area contributed by atoms with Crippen molar-refractivity contribution in [1.82, 2.24) is 15.5 Å². The predicted molar refractivity (Wildman–Crippen MR) is 134 cm³/mol. The predicted octanol–water partition coefficient (Wildman–Crippen LogP) is 2.95. The Labute approximate surface area is 212 Å². The smallest absolute Gasteiger partial charge is 0.408 e. The second-order valence-corrected chi connectivity index (χ2v) is 9.20. The Balaban J connectivity index is 3.51. The lowest BCUT2D eigenvalue weighted by Gasteiger charge is -2.34. The van der Waals surface area contributed by atoms with Crippen molar-refractivity contribution in [3.63, 3.8) is 0 Å². The first-order chi connectivity index (χ1) is 16.9. The van der Waals surface area contributed by atoms with Crippen LogP contribution in [0.25, 0.3) is 6.08 Å². The summed E-state index contributed by atoms with van der Waals surface area (Å²) in [4.78, 5) is 52.4. The molecule has 0 aliphatic rings. The molecule has 0 saturated heterocycles. The summed E-state index contributed by atoms with van der Waals surface area (Å²) < 4.78 is 9.91. The van der Waals surface area contributed by atoms with Crippen LogP contribution in [0.4, 0.5) is 4.79 Å². The zero-order valence-electron chi connectivity index (χ0n) is 21.8. The lowest BCUT2D eigenvalue weighted by molar-refractivity contribution is -0.144. The topological polar surface area (TPSA) is 138 Å². The van der Waals surface area contributed by atoms with Gasteiger partial charge in [-0.05, 0) is 43.9 Å². The van der Waals surface area contributed by atoms with Crippen molar-refractivity contribution in [3.8, 4) is 6.07 Å². The monoisotopic (exact) mass is 500 g/mol. The molecular formula is C26H36N4O6. The minimum absolute atomic E-state index is 0.343. The maximum absolute atomic E-state index is 13.8. The van der Waals surface area contributed by atoms with Gasteiger partial charge in [0, 0.05) is 0 Å². The largest absolute Gasteiger partial charge is 0.468 e. The Morgan fingerprint density at radius 3 is 2.44 bits per heavy atom. The molecule has 2 N–H and O–H groups in total. The van der Waals surface area contributed by atoms with Crippen LogP contribution in [0.2, 0.25) is 0 Å². The number of rotatable bonds is 11. The van der Waals surface area contributed by atoms with Crippen LogP contribution in [0.5, 0.6) is 0 Å². The Hall–Kier alpha value is -3.87. The normalized spacial score (nSPS) is 13.2. The lowest BCUT2D eigenvalue weighted by Crippen LogP contribution is -2.55. The fourth-order valence-corrected chi connectivity index (χ4v) is 3.33. The maximum Gasteiger partial charge on any atom is 0.408 e. The van der Waals surface area contributed by atoms with Gasteiger partial charge in [0.2, 0.25) is 11.8 Å². The van der Waals surface area contributed by atoms with E-state index in [0.29, 0.717) is 17.5 Å². The highest BCUT2D eigenvalue weighted by Crippen LogP contribution is 2.25. The molecule has 196 valence electrons. The van der Waals surface area contributed by atoms with Gasteiger partial charge in [0.25, 0.3) is 0 Å². The number of carbonyl (C=O) groups excluding carboxylic acids is 4. The van der Waals surface area contributed by atoms with E-state index in [9.17, 15) is 24.4 Å². The van der Waals surface area contributed by atoms with Gasteiger partial charge in [0.1, 0.15) is 30.8 Å². The molecule has 10 heteroatoms. The number of nitrogens with zero attached hydrogens (tertiary/aromatic N) is 2. The fraction of sp³-hybridized carbons (Fsp3) is 0.500. The van der Waals surface area contributed by atoms with Crippen LogP contribution in [0.3, 0.4) is 0 Å². The summed E-state index contributed by atoms with van der Waals surface area (Å²) in [5.74, 6) is -2.35. The van der Waals surface area contributed by atoms with Gasteiger partial charge in [-0.25, -0.2) is 4.79 Å². The third kappa shape index (κ3) is 9.06. The first-order valence-electron chi connectivity index (χ1n) is 11.6. The van der Waals surface area contributed by atoms with Crippen molar-refractivity contribution < 1.29 is 28.7 Å². The molecule has 3 atom stereocenters. The van der Waals surface area contributed by atoms with Gasteiger partial charge in [0.15, 0.2) is 0 Å². The molecule has 0 aliphatic carbocycles. The van der Waals surface area contributed by atoms with E-state index in [1.54, 1.807) is 58.0 Å². The van der Waals surface area contributed by atoms with Crippen LogP contribution >= 0.6 is 0 Å². The molecule has 0 saturated carbocycles. The van der Waals surface area contributed by atoms with E-state index in [4.69, 9.17) is 4.74 Å². The number of nitrogens with one attached hydrogen (secondary N) is 2. The summed E-state index contributed by atoms with van der Waals surface area (Å²) in [5.41, 5.74) is 0.299. The van der Waals surface area contributed by atoms with E-state index in [0.717, 1.165) is 4.90 Å². The molecule has 3 unspecified atom stereocenters. The molecule has 1 aromatic rings. The number of benzene rings is 1. The minimum atomic E-state index is -1.27. The standard InChI is InChI=1S/C26H36N4O6/c1-8-17(3)21(29-25(34)36-26(4,5)6)24(33)30(14-13-27)22(23(32)28-16-20(31)35-7)19-12-10-11-18(9-2)15-19/h9-12,15,17,21-22H,2,8,14,16H2,1,3-7H3,(H,28,32)(H,29,34). The molecule has 1 rings (SSSR count). The van der Waals surface area contributed by atoms with Crippen LogP contribution in [-0.2, 0) is 23.9 Å². The number of methoxy groups -OCH3 is 1. The van der Waals surface area contributed by atoms with Crippen LogP contribution in [0, 0.1) is 17.2 Å². The van der Waals surface area contributed by atoms with E-state index in [2.05, 4.69) is 21.9 Å². The van der Waals surface area contributed by atoms with Crippen molar-refractivity contribution >= 4 is 30.0 Å². The molecule has 0 fully saturated rings. The first-order valence-corrected chi connectivity index (χ1v) is 11.6. The average Bonchev–Trinajstić information content (AvgIpc) is 2.83. The second kappa shape index (κ2) is 13.9. The van der Waals surface area contributed by atoms with Crippen LogP contribution in [0.15, 0.2) is 30.8 Å². The minimum Gasteiger partial charge on any atom is -0.468 e. The van der Waals surface area contributed by atoms with Gasteiger partial charge in [-0.15, -0.1) is 0 Å². The summed E-state index contributed by atoms with van der Waals surface area (Å²) in [6.45, 7) is 11.6. The van der Waals surface area contributed by atoms with Crippen LogP contribution in [-0.4, -0.2) is 60.6 Å². The van der Waals surface area contributed by atoms with E-state index in [1.165, 1.54) is 7.11 Å². The SMILES string of the molecule is C=Cc1cccc(C(C(=O)NCC(=O)OC)N(CC#N)C(=O)C(NC(=O)OC(C)(C)C)C(C)CC)c1. The molecule has 0 bridgehead atoms. The van der Waals surface area contributed by atoms with Crippen molar-refractivity contribution in [2.24, 2.45) is 5.92 Å². The van der Waals surface area contributed by atoms with Gasteiger partial charge < -0.3 is 25.0 Å². The van der Waals surface area contributed by atoms with E-state index < -0.39 is 54.7 Å². The number of amides is 3. The van der Waals surface area contributed by atoms with E-state index in [-0.39, 0.29) is 5.92 Å². The molecule has 0 radical (unpaired) electrons. The fourth-order valence-electron chi connectivity index (χ4n) is 3.33.